The van der Waals surface area contributed by atoms with Crippen LogP contribution in [0.3, 0.4) is 0 Å². The van der Waals surface area contributed by atoms with Crippen LogP contribution in [0.2, 0.25) is 5.02 Å². The van der Waals surface area contributed by atoms with Crippen molar-refractivity contribution in [2.24, 2.45) is 4.99 Å². The Morgan fingerprint density at radius 3 is 2.41 bits per heavy atom. The Kier molecular flexibility index (Phi) is 4.84. The molecule has 0 aliphatic heterocycles. The van der Waals surface area contributed by atoms with Gasteiger partial charge in [0.2, 0.25) is 0 Å². The Hall–Kier alpha value is -2.32. The lowest BCUT2D eigenvalue weighted by Gasteiger charge is -1.99. The van der Waals surface area contributed by atoms with Crippen molar-refractivity contribution in [2.75, 3.05) is 0 Å². The van der Waals surface area contributed by atoms with E-state index in [2.05, 4.69) is 20.9 Å². The van der Waals surface area contributed by atoms with Crippen molar-refractivity contribution in [1.82, 2.24) is 0 Å². The molecule has 0 amide bonds. The van der Waals surface area contributed by atoms with E-state index in [-0.39, 0.29) is 16.4 Å². The van der Waals surface area contributed by atoms with Crippen LogP contribution in [-0.2, 0) is 0 Å². The highest BCUT2D eigenvalue weighted by Crippen LogP contribution is 2.30. The van der Waals surface area contributed by atoms with Crippen LogP contribution >= 0.6 is 27.5 Å². The minimum Gasteiger partial charge on any atom is -0.258 e. The first-order valence-corrected chi connectivity index (χ1v) is 6.97. The molecule has 0 saturated heterocycles. The number of aliphatic imine (C=N–C) groups is 1. The molecule has 0 atom stereocenters. The van der Waals surface area contributed by atoms with E-state index in [1.54, 1.807) is 6.07 Å². The summed E-state index contributed by atoms with van der Waals surface area (Å²) >= 11 is 8.91. The molecule has 0 saturated carbocycles. The molecule has 2 rings (SSSR count). The summed E-state index contributed by atoms with van der Waals surface area (Å²) in [5.74, 6) is 0. The Labute approximate surface area is 137 Å². The Balaban J connectivity index is 2.31. The van der Waals surface area contributed by atoms with Crippen molar-refractivity contribution in [3.8, 4) is 0 Å². The molecule has 9 heteroatoms. The number of non-ortho nitro benzene ring substituents is 1. The fourth-order valence-electron chi connectivity index (χ4n) is 1.61. The minimum absolute atomic E-state index is 0.0404. The highest BCUT2D eigenvalue weighted by atomic mass is 79.9. The molecule has 22 heavy (non-hydrogen) atoms. The molecule has 0 spiro atoms. The predicted molar refractivity (Wildman–Crippen MR) is 86.2 cm³/mol. The second kappa shape index (κ2) is 6.63. The summed E-state index contributed by atoms with van der Waals surface area (Å²) < 4.78 is 0.446. The average molecular weight is 385 g/mol. The van der Waals surface area contributed by atoms with Crippen LogP contribution in [0, 0.1) is 20.2 Å². The van der Waals surface area contributed by atoms with Gasteiger partial charge in [0.25, 0.3) is 11.4 Å². The van der Waals surface area contributed by atoms with E-state index >= 15 is 0 Å². The zero-order chi connectivity index (χ0) is 16.3. The summed E-state index contributed by atoms with van der Waals surface area (Å²) in [6, 6.07) is 8.41. The summed E-state index contributed by atoms with van der Waals surface area (Å²) in [6.07, 6.45) is 1.41. The molecule has 0 aromatic heterocycles. The van der Waals surface area contributed by atoms with Crippen LogP contribution in [0.4, 0.5) is 17.1 Å². The molecule has 112 valence electrons. The molecule has 7 nitrogen and oxygen atoms in total. The third-order valence-electron chi connectivity index (χ3n) is 2.66. The first kappa shape index (κ1) is 16.1. The summed E-state index contributed by atoms with van der Waals surface area (Å²) in [5, 5.41) is 21.5. The second-order valence-electron chi connectivity index (χ2n) is 4.12. The zero-order valence-electron chi connectivity index (χ0n) is 10.8. The van der Waals surface area contributed by atoms with E-state index in [9.17, 15) is 20.2 Å². The molecule has 0 N–H and O–H groups in total. The highest BCUT2D eigenvalue weighted by Gasteiger charge is 2.12. The molecule has 0 fully saturated rings. The van der Waals surface area contributed by atoms with Gasteiger partial charge in [0.15, 0.2) is 0 Å². The normalized spacial score (nSPS) is 10.8. The van der Waals surface area contributed by atoms with Gasteiger partial charge in [-0.25, -0.2) is 0 Å². The second-order valence-corrected chi connectivity index (χ2v) is 5.38. The lowest BCUT2D eigenvalue weighted by molar-refractivity contribution is -0.385. The van der Waals surface area contributed by atoms with Crippen LogP contribution in [0.25, 0.3) is 0 Å². The summed E-state index contributed by atoms with van der Waals surface area (Å²) in [5.41, 5.74) is 0.672. The quantitative estimate of drug-likeness (QED) is 0.434. The first-order valence-electron chi connectivity index (χ1n) is 5.80. The van der Waals surface area contributed by atoms with Crippen LogP contribution in [0.5, 0.6) is 0 Å². The molecule has 0 radical (unpaired) electrons. The number of hydrogen-bond donors (Lipinski definition) is 0. The van der Waals surface area contributed by atoms with Crippen molar-refractivity contribution in [3.63, 3.8) is 0 Å². The van der Waals surface area contributed by atoms with Gasteiger partial charge in [0.05, 0.1) is 15.5 Å². The van der Waals surface area contributed by atoms with Crippen molar-refractivity contribution in [3.05, 3.63) is 71.7 Å². The fourth-order valence-corrected chi connectivity index (χ4v) is 2.26. The van der Waals surface area contributed by atoms with E-state index < -0.39 is 9.85 Å². The van der Waals surface area contributed by atoms with Gasteiger partial charge in [-0.1, -0.05) is 17.7 Å². The molecule has 0 bridgehead atoms. The van der Waals surface area contributed by atoms with Crippen molar-refractivity contribution in [2.45, 2.75) is 0 Å². The zero-order valence-corrected chi connectivity index (χ0v) is 13.1. The van der Waals surface area contributed by atoms with Crippen LogP contribution in [-0.4, -0.2) is 16.1 Å². The molecule has 2 aromatic carbocycles. The molecule has 0 heterocycles. The predicted octanol–water partition coefficient (Wildman–Crippen LogP) is 4.67. The number of hydrogen-bond acceptors (Lipinski definition) is 5. The summed E-state index contributed by atoms with van der Waals surface area (Å²) in [6.45, 7) is 0. The van der Waals surface area contributed by atoms with E-state index in [0.29, 0.717) is 15.7 Å². The SMILES string of the molecule is O=[N+]([O-])c1ccc(N=Cc2ccc(Cl)c([N+](=O)[O-])c2)c(Br)c1. The summed E-state index contributed by atoms with van der Waals surface area (Å²) in [4.78, 5) is 24.5. The highest BCUT2D eigenvalue weighted by molar-refractivity contribution is 9.10. The largest absolute Gasteiger partial charge is 0.288 e. The van der Waals surface area contributed by atoms with E-state index in [1.807, 2.05) is 0 Å². The number of rotatable bonds is 4. The third-order valence-corrected chi connectivity index (χ3v) is 3.62. The number of nitro benzene ring substituents is 2. The maximum atomic E-state index is 10.8. The maximum absolute atomic E-state index is 10.8. The fraction of sp³-hybridized carbons (Fsp3) is 0. The third kappa shape index (κ3) is 3.66. The van der Waals surface area contributed by atoms with Gasteiger partial charge in [-0.2, -0.15) is 0 Å². The van der Waals surface area contributed by atoms with E-state index in [1.165, 1.54) is 36.5 Å². The molecular formula is C13H7BrClN3O4. The van der Waals surface area contributed by atoms with Gasteiger partial charge in [0, 0.05) is 28.9 Å². The van der Waals surface area contributed by atoms with Gasteiger partial charge in [0.1, 0.15) is 5.02 Å². The maximum Gasteiger partial charge on any atom is 0.288 e. The number of benzene rings is 2. The van der Waals surface area contributed by atoms with E-state index in [4.69, 9.17) is 11.6 Å². The lowest BCUT2D eigenvalue weighted by Crippen LogP contribution is -1.91. The van der Waals surface area contributed by atoms with Gasteiger partial charge in [-0.05, 0) is 33.6 Å². The Morgan fingerprint density at radius 2 is 1.82 bits per heavy atom. The molecule has 0 aliphatic carbocycles. The lowest BCUT2D eigenvalue weighted by atomic mass is 10.2. The van der Waals surface area contributed by atoms with Crippen molar-refractivity contribution in [1.29, 1.82) is 0 Å². The Morgan fingerprint density at radius 1 is 1.09 bits per heavy atom. The minimum atomic E-state index is -0.582. The number of nitro groups is 2. The first-order chi connectivity index (χ1) is 10.4. The molecular weight excluding hydrogens is 378 g/mol. The molecule has 0 aliphatic rings. The van der Waals surface area contributed by atoms with Crippen molar-refractivity contribution < 1.29 is 9.85 Å². The van der Waals surface area contributed by atoms with Gasteiger partial charge >= 0.3 is 0 Å². The van der Waals surface area contributed by atoms with Crippen LogP contribution in [0.15, 0.2) is 45.9 Å². The van der Waals surface area contributed by atoms with Crippen LogP contribution < -0.4 is 0 Å². The smallest absolute Gasteiger partial charge is 0.258 e. The standard InChI is InChI=1S/C13H7BrClN3O4/c14-10-6-9(17(19)20)2-4-12(10)16-7-8-1-3-11(15)13(5-8)18(21)22/h1-7H. The Bertz CT molecular complexity index is 795. The number of halogens is 2. The number of nitrogens with zero attached hydrogens (tertiary/aromatic N) is 3. The van der Waals surface area contributed by atoms with Gasteiger partial charge < -0.3 is 0 Å². The average Bonchev–Trinajstić information content (AvgIpc) is 2.46. The molecule has 0 unspecified atom stereocenters. The van der Waals surface area contributed by atoms with Gasteiger partial charge in [-0.15, -0.1) is 0 Å². The summed E-state index contributed by atoms with van der Waals surface area (Å²) in [7, 11) is 0. The molecule has 2 aromatic rings. The van der Waals surface area contributed by atoms with E-state index in [0.717, 1.165) is 0 Å². The van der Waals surface area contributed by atoms with Crippen molar-refractivity contribution >= 4 is 50.8 Å². The van der Waals surface area contributed by atoms with Crippen LogP contribution in [0.1, 0.15) is 5.56 Å². The van der Waals surface area contributed by atoms with Gasteiger partial charge in [-0.3, -0.25) is 25.2 Å². The topological polar surface area (TPSA) is 98.6 Å². The monoisotopic (exact) mass is 383 g/mol.